The first-order valence-electron chi connectivity index (χ1n) is 10.6. The maximum absolute atomic E-state index is 13.3. The number of rotatable bonds is 9. The quantitative estimate of drug-likeness (QED) is 0.179. The van der Waals surface area contributed by atoms with Gasteiger partial charge in [0.1, 0.15) is 10.6 Å². The average Bonchev–Trinajstić information content (AvgIpc) is 3.55. The SMILES string of the molecule is CCOC(=O)c1c(-c2ccccc2)csc1NC(NC(=O)c1ccccc1)C(=O)c1cccs1. The second-order valence-electron chi connectivity index (χ2n) is 7.20. The number of carbonyl (C=O) groups is 3. The van der Waals surface area contributed by atoms with Crippen LogP contribution in [0.25, 0.3) is 11.1 Å². The van der Waals surface area contributed by atoms with E-state index in [0.29, 0.717) is 26.6 Å². The van der Waals surface area contributed by atoms with Crippen molar-refractivity contribution in [1.82, 2.24) is 5.32 Å². The van der Waals surface area contributed by atoms with Crippen molar-refractivity contribution in [2.75, 3.05) is 11.9 Å². The van der Waals surface area contributed by atoms with Crippen LogP contribution in [0.15, 0.2) is 83.6 Å². The molecule has 0 spiro atoms. The second-order valence-corrected chi connectivity index (χ2v) is 9.03. The van der Waals surface area contributed by atoms with Crippen molar-refractivity contribution in [2.45, 2.75) is 13.1 Å². The molecule has 0 saturated carbocycles. The number of ketones is 1. The van der Waals surface area contributed by atoms with E-state index in [1.807, 2.05) is 41.8 Å². The Bertz CT molecular complexity index is 1270. The summed E-state index contributed by atoms with van der Waals surface area (Å²) in [6, 6.07) is 21.6. The highest BCUT2D eigenvalue weighted by Crippen LogP contribution is 2.36. The number of benzene rings is 2. The summed E-state index contributed by atoms with van der Waals surface area (Å²) in [6.45, 7) is 1.95. The number of thiophene rings is 2. The minimum Gasteiger partial charge on any atom is -0.462 e. The Morgan fingerprint density at radius 1 is 0.912 bits per heavy atom. The fourth-order valence-electron chi connectivity index (χ4n) is 3.36. The van der Waals surface area contributed by atoms with Gasteiger partial charge in [-0.15, -0.1) is 22.7 Å². The molecule has 6 nitrogen and oxygen atoms in total. The molecule has 2 N–H and O–H groups in total. The summed E-state index contributed by atoms with van der Waals surface area (Å²) in [4.78, 5) is 39.6. The number of hydrogen-bond donors (Lipinski definition) is 2. The van der Waals surface area contributed by atoms with E-state index >= 15 is 0 Å². The number of amides is 1. The van der Waals surface area contributed by atoms with Crippen LogP contribution in [0.5, 0.6) is 0 Å². The standard InChI is InChI=1S/C26H22N2O4S2/c1-2-32-26(31)21-19(17-10-5-3-6-11-17)16-34-25(21)28-23(22(29)20-14-9-15-33-20)27-24(30)18-12-7-4-8-13-18/h3-16,23,28H,2H2,1H3,(H,27,30). The third kappa shape index (κ3) is 5.24. The normalized spacial score (nSPS) is 11.4. The molecule has 2 aromatic carbocycles. The molecule has 4 aromatic rings. The summed E-state index contributed by atoms with van der Waals surface area (Å²) in [5.41, 5.74) is 2.30. The zero-order valence-corrected chi connectivity index (χ0v) is 19.9. The van der Waals surface area contributed by atoms with Gasteiger partial charge in [0.05, 0.1) is 11.5 Å². The number of nitrogens with one attached hydrogen (secondary N) is 2. The Hall–Kier alpha value is -3.75. The molecule has 34 heavy (non-hydrogen) atoms. The number of Topliss-reactive ketones (excluding diaryl/α,β-unsaturated/α-hetero) is 1. The van der Waals surface area contributed by atoms with Gasteiger partial charge < -0.3 is 15.4 Å². The molecular weight excluding hydrogens is 468 g/mol. The maximum atomic E-state index is 13.3. The molecule has 172 valence electrons. The van der Waals surface area contributed by atoms with Gasteiger partial charge >= 0.3 is 5.97 Å². The average molecular weight is 491 g/mol. The zero-order valence-electron chi connectivity index (χ0n) is 18.3. The molecule has 1 atom stereocenters. The van der Waals surface area contributed by atoms with Gasteiger partial charge in [0.25, 0.3) is 5.91 Å². The molecule has 0 aliphatic rings. The summed E-state index contributed by atoms with van der Waals surface area (Å²) in [5, 5.41) is 9.97. The largest absolute Gasteiger partial charge is 0.462 e. The highest BCUT2D eigenvalue weighted by atomic mass is 32.1. The third-order valence-electron chi connectivity index (χ3n) is 4.97. The minimum absolute atomic E-state index is 0.213. The van der Waals surface area contributed by atoms with Gasteiger partial charge in [-0.3, -0.25) is 9.59 Å². The van der Waals surface area contributed by atoms with Crippen molar-refractivity contribution in [3.63, 3.8) is 0 Å². The summed E-state index contributed by atoms with van der Waals surface area (Å²) < 4.78 is 5.31. The van der Waals surface area contributed by atoms with E-state index in [9.17, 15) is 14.4 Å². The van der Waals surface area contributed by atoms with Gasteiger partial charge in [0.15, 0.2) is 6.17 Å². The number of hydrogen-bond acceptors (Lipinski definition) is 7. The lowest BCUT2D eigenvalue weighted by Crippen LogP contribution is -2.46. The molecule has 2 aromatic heterocycles. The van der Waals surface area contributed by atoms with Crippen molar-refractivity contribution in [3.8, 4) is 11.1 Å². The molecular formula is C26H22N2O4S2. The minimum atomic E-state index is -1.08. The van der Waals surface area contributed by atoms with E-state index in [0.717, 1.165) is 5.56 Å². The van der Waals surface area contributed by atoms with Crippen LogP contribution in [0.4, 0.5) is 5.00 Å². The van der Waals surface area contributed by atoms with Gasteiger partial charge in [0, 0.05) is 16.5 Å². The Morgan fingerprint density at radius 2 is 1.62 bits per heavy atom. The van der Waals surface area contributed by atoms with Crippen molar-refractivity contribution >= 4 is 45.3 Å². The lowest BCUT2D eigenvalue weighted by atomic mass is 10.0. The summed E-state index contributed by atoms with van der Waals surface area (Å²) >= 11 is 2.56. The lowest BCUT2D eigenvalue weighted by molar-refractivity contribution is 0.0528. The Morgan fingerprint density at radius 3 is 2.26 bits per heavy atom. The Balaban J connectivity index is 1.70. The fourth-order valence-corrected chi connectivity index (χ4v) is 5.05. The van der Waals surface area contributed by atoms with Crippen LogP contribution in [0.1, 0.15) is 37.3 Å². The van der Waals surface area contributed by atoms with Crippen molar-refractivity contribution in [1.29, 1.82) is 0 Å². The molecule has 4 rings (SSSR count). The molecule has 1 amide bonds. The number of carbonyl (C=O) groups excluding carboxylic acids is 3. The summed E-state index contributed by atoms with van der Waals surface area (Å²) in [7, 11) is 0. The predicted octanol–water partition coefficient (Wildman–Crippen LogP) is 5.70. The van der Waals surface area contributed by atoms with E-state index in [-0.39, 0.29) is 12.4 Å². The van der Waals surface area contributed by atoms with Crippen LogP contribution in [-0.2, 0) is 4.74 Å². The van der Waals surface area contributed by atoms with Gasteiger partial charge in [-0.2, -0.15) is 0 Å². The van der Waals surface area contributed by atoms with Crippen LogP contribution >= 0.6 is 22.7 Å². The smallest absolute Gasteiger partial charge is 0.341 e. The highest BCUT2D eigenvalue weighted by molar-refractivity contribution is 7.15. The topological polar surface area (TPSA) is 84.5 Å². The Labute approximate surface area is 205 Å². The molecule has 0 saturated heterocycles. The Kier molecular flexibility index (Phi) is 7.51. The predicted molar refractivity (Wildman–Crippen MR) is 136 cm³/mol. The molecule has 1 unspecified atom stereocenters. The van der Waals surface area contributed by atoms with Crippen LogP contribution in [0.3, 0.4) is 0 Å². The van der Waals surface area contributed by atoms with E-state index in [1.165, 1.54) is 22.7 Å². The molecule has 0 aliphatic carbocycles. The first-order chi connectivity index (χ1) is 16.6. The molecule has 0 fully saturated rings. The van der Waals surface area contributed by atoms with Crippen LogP contribution < -0.4 is 10.6 Å². The fraction of sp³-hybridized carbons (Fsp3) is 0.115. The molecule has 2 heterocycles. The monoisotopic (exact) mass is 490 g/mol. The van der Waals surface area contributed by atoms with Gasteiger partial charge in [-0.25, -0.2) is 4.79 Å². The van der Waals surface area contributed by atoms with E-state index in [1.54, 1.807) is 48.7 Å². The van der Waals surface area contributed by atoms with E-state index in [2.05, 4.69) is 10.6 Å². The van der Waals surface area contributed by atoms with Crippen LogP contribution in [-0.4, -0.2) is 30.4 Å². The van der Waals surface area contributed by atoms with E-state index < -0.39 is 18.0 Å². The molecule has 0 aliphatic heterocycles. The number of ether oxygens (including phenoxy) is 1. The van der Waals surface area contributed by atoms with Gasteiger partial charge in [-0.05, 0) is 36.1 Å². The second kappa shape index (κ2) is 10.9. The molecule has 0 radical (unpaired) electrons. The van der Waals surface area contributed by atoms with Gasteiger partial charge in [-0.1, -0.05) is 54.6 Å². The van der Waals surface area contributed by atoms with Crippen molar-refractivity contribution in [3.05, 3.63) is 99.6 Å². The van der Waals surface area contributed by atoms with Gasteiger partial charge in [0.2, 0.25) is 5.78 Å². The number of esters is 1. The maximum Gasteiger partial charge on any atom is 0.341 e. The van der Waals surface area contributed by atoms with Crippen LogP contribution in [0.2, 0.25) is 0 Å². The first-order valence-corrected chi connectivity index (χ1v) is 12.4. The summed E-state index contributed by atoms with van der Waals surface area (Å²) in [6.07, 6.45) is -1.08. The van der Waals surface area contributed by atoms with Crippen molar-refractivity contribution < 1.29 is 19.1 Å². The van der Waals surface area contributed by atoms with E-state index in [4.69, 9.17) is 4.74 Å². The zero-order chi connectivity index (χ0) is 23.9. The molecule has 8 heteroatoms. The van der Waals surface area contributed by atoms with Crippen molar-refractivity contribution in [2.24, 2.45) is 0 Å². The first kappa shape index (κ1) is 23.4. The number of anilines is 1. The molecule has 0 bridgehead atoms. The third-order valence-corrected chi connectivity index (χ3v) is 6.76. The van der Waals surface area contributed by atoms with Crippen LogP contribution in [0, 0.1) is 0 Å². The highest BCUT2D eigenvalue weighted by Gasteiger charge is 2.28. The lowest BCUT2D eigenvalue weighted by Gasteiger charge is -2.20. The summed E-state index contributed by atoms with van der Waals surface area (Å²) in [5.74, 6) is -1.20.